The van der Waals surface area contributed by atoms with E-state index in [9.17, 15) is 4.79 Å². The first-order chi connectivity index (χ1) is 7.15. The summed E-state index contributed by atoms with van der Waals surface area (Å²) < 4.78 is 3.53. The minimum Gasteiger partial charge on any atom is -0.393 e. The first-order valence-corrected chi connectivity index (χ1v) is 5.58. The van der Waals surface area contributed by atoms with Gasteiger partial charge in [0.25, 0.3) is 0 Å². The highest BCUT2D eigenvalue weighted by atomic mass is 32.1. The molecule has 0 fully saturated rings. The average molecular weight is 245 g/mol. The molecule has 0 spiro atoms. The van der Waals surface area contributed by atoms with Crippen molar-refractivity contribution >= 4 is 39.8 Å². The van der Waals surface area contributed by atoms with E-state index in [1.165, 1.54) is 0 Å². The van der Waals surface area contributed by atoms with Gasteiger partial charge in [-0.3, -0.25) is 10.1 Å². The maximum Gasteiger partial charge on any atom is 0.236 e. The molecule has 8 heteroatoms. The third-order valence-electron chi connectivity index (χ3n) is 1.77. The van der Waals surface area contributed by atoms with Crippen molar-refractivity contribution in [1.29, 1.82) is 0 Å². The molecule has 0 aliphatic rings. The molecule has 6 nitrogen and oxygen atoms in total. The normalized spacial score (nSPS) is 12.1. The molecular formula is C7H11N5OS2. The summed E-state index contributed by atoms with van der Waals surface area (Å²) in [6.07, 6.45) is 1.47. The van der Waals surface area contributed by atoms with Crippen LogP contribution in [0.25, 0.3) is 0 Å². The average Bonchev–Trinajstić information content (AvgIpc) is 2.65. The van der Waals surface area contributed by atoms with Gasteiger partial charge >= 0.3 is 0 Å². The second kappa shape index (κ2) is 5.66. The van der Waals surface area contributed by atoms with Crippen molar-refractivity contribution < 1.29 is 4.79 Å². The molecule has 1 amide bonds. The summed E-state index contributed by atoms with van der Waals surface area (Å²) >= 11 is 5.83. The van der Waals surface area contributed by atoms with Crippen molar-refractivity contribution in [1.82, 2.24) is 14.8 Å². The van der Waals surface area contributed by atoms with Crippen LogP contribution in [0.2, 0.25) is 0 Å². The summed E-state index contributed by atoms with van der Waals surface area (Å²) in [6, 6.07) is 0. The number of rotatable bonds is 5. The van der Waals surface area contributed by atoms with Gasteiger partial charge in [0.2, 0.25) is 11.0 Å². The number of hydrogen-bond acceptors (Lipinski definition) is 6. The number of nitrogens with zero attached hydrogens (tertiary/aromatic N) is 3. The molecule has 1 rings (SSSR count). The van der Waals surface area contributed by atoms with E-state index in [0.29, 0.717) is 11.6 Å². The van der Waals surface area contributed by atoms with Gasteiger partial charge in [0.05, 0.1) is 10.9 Å². The Balaban J connectivity index is 2.60. The molecule has 1 aromatic rings. The van der Waals surface area contributed by atoms with E-state index >= 15 is 0 Å². The molecule has 0 aliphatic heterocycles. The number of carbonyl (C=O) groups excluding carboxylic acids is 1. The van der Waals surface area contributed by atoms with Crippen molar-refractivity contribution in [2.75, 3.05) is 5.32 Å². The molecule has 82 valence electrons. The van der Waals surface area contributed by atoms with Crippen LogP contribution in [0.5, 0.6) is 0 Å². The van der Waals surface area contributed by atoms with E-state index in [-0.39, 0.29) is 10.9 Å². The first-order valence-electron chi connectivity index (χ1n) is 4.40. The van der Waals surface area contributed by atoms with E-state index in [0.717, 1.165) is 18.0 Å². The van der Waals surface area contributed by atoms with Crippen LogP contribution in [0.4, 0.5) is 5.13 Å². The predicted molar refractivity (Wildman–Crippen MR) is 61.5 cm³/mol. The van der Waals surface area contributed by atoms with Crippen molar-refractivity contribution in [2.45, 2.75) is 19.8 Å². The Hall–Kier alpha value is -1.15. The lowest BCUT2D eigenvalue weighted by Gasteiger charge is -2.12. The highest BCUT2D eigenvalue weighted by molar-refractivity contribution is 7.80. The lowest BCUT2D eigenvalue weighted by Crippen LogP contribution is -2.33. The minimum absolute atomic E-state index is 0.201. The van der Waals surface area contributed by atoms with Gasteiger partial charge in [0, 0.05) is 11.5 Å². The lowest BCUT2D eigenvalue weighted by atomic mass is 10.0. The summed E-state index contributed by atoms with van der Waals surface area (Å²) in [6.45, 7) is 1.96. The number of nitrogens with one attached hydrogen (secondary N) is 1. The summed E-state index contributed by atoms with van der Waals surface area (Å²) in [4.78, 5) is 11.9. The number of carbonyl (C=O) groups is 1. The van der Waals surface area contributed by atoms with Crippen molar-refractivity contribution in [2.24, 2.45) is 11.7 Å². The van der Waals surface area contributed by atoms with Gasteiger partial charge in [-0.05, 0) is 11.6 Å². The summed E-state index contributed by atoms with van der Waals surface area (Å²) in [7, 11) is 0. The van der Waals surface area contributed by atoms with Crippen LogP contribution < -0.4 is 11.1 Å². The molecule has 0 aliphatic carbocycles. The Morgan fingerprint density at radius 3 is 2.93 bits per heavy atom. The van der Waals surface area contributed by atoms with Gasteiger partial charge in [-0.2, -0.15) is 0 Å². The van der Waals surface area contributed by atoms with Crippen LogP contribution in [-0.2, 0) is 4.79 Å². The predicted octanol–water partition coefficient (Wildman–Crippen LogP) is 0.574. The van der Waals surface area contributed by atoms with E-state index < -0.39 is 5.92 Å². The van der Waals surface area contributed by atoms with Gasteiger partial charge in [0.1, 0.15) is 0 Å². The molecule has 1 heterocycles. The number of hydrogen-bond donors (Lipinski definition) is 2. The third-order valence-corrected chi connectivity index (χ3v) is 2.56. The summed E-state index contributed by atoms with van der Waals surface area (Å²) in [5.74, 6) is -0.697. The second-order valence-electron chi connectivity index (χ2n) is 2.90. The standard InChI is InChI=1S/C7H11N5OS2/c1-2-3-4(5(8)14)6(13)9-7-10-11-12-15-7/h4H,2-3H2,1H3,(H2,8,14)(H,9,10,12,13). The molecule has 0 saturated carbocycles. The van der Waals surface area contributed by atoms with Crippen molar-refractivity contribution in [3.63, 3.8) is 0 Å². The van der Waals surface area contributed by atoms with Gasteiger partial charge < -0.3 is 5.73 Å². The fourth-order valence-corrected chi connectivity index (χ4v) is 1.66. The monoisotopic (exact) mass is 245 g/mol. The number of nitrogens with two attached hydrogens (primary N) is 1. The summed E-state index contributed by atoms with van der Waals surface area (Å²) in [5, 5.41) is 9.89. The fourth-order valence-electron chi connectivity index (χ4n) is 1.07. The zero-order chi connectivity index (χ0) is 11.3. The zero-order valence-electron chi connectivity index (χ0n) is 8.14. The lowest BCUT2D eigenvalue weighted by molar-refractivity contribution is -0.118. The molecule has 0 bridgehead atoms. The molecule has 0 saturated heterocycles. The van der Waals surface area contributed by atoms with Crippen LogP contribution in [0.3, 0.4) is 0 Å². The Kier molecular flexibility index (Phi) is 4.50. The Morgan fingerprint density at radius 1 is 1.73 bits per heavy atom. The number of amides is 1. The molecule has 1 atom stereocenters. The minimum atomic E-state index is -0.450. The van der Waals surface area contributed by atoms with Gasteiger partial charge in [-0.1, -0.05) is 35.1 Å². The molecule has 1 aromatic heterocycles. The molecule has 0 radical (unpaired) electrons. The summed E-state index contributed by atoms with van der Waals surface area (Å²) in [5.41, 5.74) is 5.47. The van der Waals surface area contributed by atoms with Crippen LogP contribution in [0.1, 0.15) is 19.8 Å². The van der Waals surface area contributed by atoms with E-state index in [4.69, 9.17) is 18.0 Å². The fraction of sp³-hybridized carbons (Fsp3) is 0.571. The Morgan fingerprint density at radius 2 is 2.47 bits per heavy atom. The van der Waals surface area contributed by atoms with Crippen LogP contribution in [-0.4, -0.2) is 25.7 Å². The molecule has 15 heavy (non-hydrogen) atoms. The quantitative estimate of drug-likeness (QED) is 0.737. The molecule has 0 aromatic carbocycles. The van der Waals surface area contributed by atoms with Gasteiger partial charge in [-0.25, -0.2) is 0 Å². The number of thiocarbonyl (C=S) groups is 1. The third kappa shape index (κ3) is 3.48. The second-order valence-corrected chi connectivity index (χ2v) is 4.10. The van der Waals surface area contributed by atoms with Gasteiger partial charge in [-0.15, -0.1) is 0 Å². The number of anilines is 1. The van der Waals surface area contributed by atoms with Crippen molar-refractivity contribution in [3.8, 4) is 0 Å². The number of aromatic nitrogens is 3. The highest BCUT2D eigenvalue weighted by Gasteiger charge is 2.21. The molecule has 3 N–H and O–H groups in total. The van der Waals surface area contributed by atoms with E-state index in [2.05, 4.69) is 20.1 Å². The smallest absolute Gasteiger partial charge is 0.236 e. The Labute approximate surface area is 96.4 Å². The molecular weight excluding hydrogens is 234 g/mol. The topological polar surface area (TPSA) is 93.8 Å². The van der Waals surface area contributed by atoms with Crippen LogP contribution >= 0.6 is 23.8 Å². The SMILES string of the molecule is CCCC(C(=O)Nc1nnns1)C(N)=S. The van der Waals surface area contributed by atoms with Crippen LogP contribution in [0, 0.1) is 5.92 Å². The maximum atomic E-state index is 11.7. The van der Waals surface area contributed by atoms with E-state index in [1.54, 1.807) is 0 Å². The van der Waals surface area contributed by atoms with Crippen LogP contribution in [0.15, 0.2) is 0 Å². The Bertz CT molecular complexity index is 339. The van der Waals surface area contributed by atoms with E-state index in [1.807, 2.05) is 6.92 Å². The highest BCUT2D eigenvalue weighted by Crippen LogP contribution is 2.12. The zero-order valence-corrected chi connectivity index (χ0v) is 9.77. The molecule has 1 unspecified atom stereocenters. The first kappa shape index (κ1) is 11.9. The maximum absolute atomic E-state index is 11.7. The van der Waals surface area contributed by atoms with Gasteiger partial charge in [0.15, 0.2) is 0 Å². The largest absolute Gasteiger partial charge is 0.393 e. The van der Waals surface area contributed by atoms with Crippen molar-refractivity contribution in [3.05, 3.63) is 0 Å².